The number of rotatable bonds is 12. The van der Waals surface area contributed by atoms with Crippen LogP contribution in [0.1, 0.15) is 170 Å². The lowest BCUT2D eigenvalue weighted by Gasteiger charge is -2.35. The van der Waals surface area contributed by atoms with Crippen LogP contribution in [0.2, 0.25) is 5.28 Å². The van der Waals surface area contributed by atoms with Crippen molar-refractivity contribution in [3.05, 3.63) is 57.6 Å². The van der Waals surface area contributed by atoms with Crippen LogP contribution in [0.4, 0.5) is 0 Å². The SMILES string of the molecule is CCCCc1cc(C(C)(C)C)c([O][Al]([CH2]C(C)C)[O]c2c(C(C)(C)C)cc(CCCC)cc2C(C)(C)C)c(C(C)(C)C)c1. The number of hydrogen-bond acceptors (Lipinski definition) is 2. The van der Waals surface area contributed by atoms with Crippen molar-refractivity contribution >= 4 is 14.8 Å². The molecule has 0 heterocycles. The van der Waals surface area contributed by atoms with Crippen LogP contribution in [-0.4, -0.2) is 14.8 Å². The highest BCUT2D eigenvalue weighted by molar-refractivity contribution is 6.46. The average Bonchev–Trinajstić information content (AvgIpc) is 2.83. The van der Waals surface area contributed by atoms with Crippen molar-refractivity contribution < 1.29 is 7.58 Å². The van der Waals surface area contributed by atoms with Gasteiger partial charge in [0.15, 0.2) is 0 Å². The van der Waals surface area contributed by atoms with E-state index in [-0.39, 0.29) is 21.7 Å². The molecule has 0 aliphatic heterocycles. The minimum Gasteiger partial charge on any atom is -0.611 e. The summed E-state index contributed by atoms with van der Waals surface area (Å²) in [6, 6.07) is 9.74. The van der Waals surface area contributed by atoms with E-state index in [2.05, 4.69) is 135 Å². The molecule has 0 aliphatic rings. The van der Waals surface area contributed by atoms with Crippen molar-refractivity contribution in [1.29, 1.82) is 0 Å². The zero-order valence-corrected chi connectivity index (χ0v) is 32.4. The first-order valence-electron chi connectivity index (χ1n) is 17.3. The van der Waals surface area contributed by atoms with Gasteiger partial charge >= 0.3 is 14.8 Å². The van der Waals surface area contributed by atoms with Crippen LogP contribution in [-0.2, 0) is 34.5 Å². The van der Waals surface area contributed by atoms with E-state index in [0.29, 0.717) is 5.92 Å². The van der Waals surface area contributed by atoms with Gasteiger partial charge < -0.3 is 7.58 Å². The molecule has 3 heteroatoms. The Morgan fingerprint density at radius 2 is 0.814 bits per heavy atom. The average molecular weight is 607 g/mol. The van der Waals surface area contributed by atoms with E-state index >= 15 is 0 Å². The van der Waals surface area contributed by atoms with Gasteiger partial charge in [0.1, 0.15) is 0 Å². The molecule has 43 heavy (non-hydrogen) atoms. The fourth-order valence-corrected chi connectivity index (χ4v) is 7.72. The summed E-state index contributed by atoms with van der Waals surface area (Å²) >= 11 is -2.22. The molecule has 242 valence electrons. The molecule has 2 rings (SSSR count). The van der Waals surface area contributed by atoms with E-state index in [1.807, 2.05) is 0 Å². The molecule has 0 spiro atoms. The summed E-state index contributed by atoms with van der Waals surface area (Å²) in [4.78, 5) is 0. The van der Waals surface area contributed by atoms with Gasteiger partial charge in [-0.15, -0.1) is 0 Å². The maximum atomic E-state index is 7.35. The minimum absolute atomic E-state index is 0.0393. The molecule has 0 fully saturated rings. The Labute approximate surface area is 272 Å². The van der Waals surface area contributed by atoms with Gasteiger partial charge in [-0.25, -0.2) is 0 Å². The first kappa shape index (κ1) is 37.8. The summed E-state index contributed by atoms with van der Waals surface area (Å²) < 4.78 is 14.7. The molecule has 0 aromatic heterocycles. The molecule has 2 aromatic carbocycles. The highest BCUT2D eigenvalue weighted by Gasteiger charge is 2.40. The van der Waals surface area contributed by atoms with Crippen LogP contribution in [0.25, 0.3) is 0 Å². The third-order valence-corrected chi connectivity index (χ3v) is 10.7. The second kappa shape index (κ2) is 14.8. The Morgan fingerprint density at radius 1 is 0.535 bits per heavy atom. The Morgan fingerprint density at radius 3 is 1.02 bits per heavy atom. The fourth-order valence-electron chi connectivity index (χ4n) is 5.68. The Kier molecular flexibility index (Phi) is 13.0. The van der Waals surface area contributed by atoms with Gasteiger partial charge in [0.05, 0.1) is 11.5 Å². The van der Waals surface area contributed by atoms with Gasteiger partial charge in [-0.1, -0.05) is 154 Å². The topological polar surface area (TPSA) is 18.5 Å². The second-order valence-corrected chi connectivity index (χ2v) is 19.3. The van der Waals surface area contributed by atoms with Crippen molar-refractivity contribution in [2.24, 2.45) is 5.92 Å². The predicted molar refractivity (Wildman–Crippen MR) is 192 cm³/mol. The molecule has 2 nitrogen and oxygen atoms in total. The van der Waals surface area contributed by atoms with Gasteiger partial charge in [-0.3, -0.25) is 0 Å². The third kappa shape index (κ3) is 10.9. The zero-order valence-electron chi connectivity index (χ0n) is 31.2. The first-order chi connectivity index (χ1) is 19.6. The van der Waals surface area contributed by atoms with E-state index in [0.717, 1.165) is 29.6 Å². The normalized spacial score (nSPS) is 13.0. The van der Waals surface area contributed by atoms with Gasteiger partial charge in [0.2, 0.25) is 0 Å². The third-order valence-electron chi connectivity index (χ3n) is 8.33. The first-order valence-corrected chi connectivity index (χ1v) is 19.0. The van der Waals surface area contributed by atoms with Crippen LogP contribution >= 0.6 is 0 Å². The van der Waals surface area contributed by atoms with Gasteiger partial charge in [-0.05, 0) is 86.0 Å². The van der Waals surface area contributed by atoms with Crippen LogP contribution in [0.15, 0.2) is 24.3 Å². The summed E-state index contributed by atoms with van der Waals surface area (Å²) in [5.74, 6) is 2.63. The molecular weight excluding hydrogens is 539 g/mol. The van der Waals surface area contributed by atoms with Crippen molar-refractivity contribution in [2.45, 2.75) is 176 Å². The summed E-state index contributed by atoms with van der Waals surface area (Å²) in [5.41, 5.74) is 7.97. The van der Waals surface area contributed by atoms with Crippen molar-refractivity contribution in [3.8, 4) is 11.5 Å². The Hall–Kier alpha value is -1.43. The summed E-state index contributed by atoms with van der Waals surface area (Å²) in [5, 5.41) is 0.954. The molecule has 0 bridgehead atoms. The lowest BCUT2D eigenvalue weighted by molar-refractivity contribution is 0.378. The number of benzene rings is 2. The van der Waals surface area contributed by atoms with Crippen LogP contribution in [0.3, 0.4) is 0 Å². The summed E-state index contributed by atoms with van der Waals surface area (Å²) in [6.45, 7) is 37.1. The van der Waals surface area contributed by atoms with Crippen molar-refractivity contribution in [2.75, 3.05) is 0 Å². The summed E-state index contributed by atoms with van der Waals surface area (Å²) in [7, 11) is 0. The lowest BCUT2D eigenvalue weighted by Crippen LogP contribution is -2.35. The number of aryl methyl sites for hydroxylation is 2. The van der Waals surface area contributed by atoms with Gasteiger partial charge in [0, 0.05) is 0 Å². The molecule has 0 radical (unpaired) electrons. The van der Waals surface area contributed by atoms with Crippen LogP contribution in [0.5, 0.6) is 11.5 Å². The number of hydrogen-bond donors (Lipinski definition) is 0. The Bertz CT molecular complexity index is 1020. The Balaban J connectivity index is 2.83. The molecule has 0 saturated heterocycles. The molecule has 0 aliphatic carbocycles. The van der Waals surface area contributed by atoms with E-state index < -0.39 is 14.8 Å². The molecule has 0 unspecified atom stereocenters. The molecule has 0 N–H and O–H groups in total. The predicted octanol–water partition coefficient (Wildman–Crippen LogP) is 12.2. The van der Waals surface area contributed by atoms with Crippen molar-refractivity contribution in [1.82, 2.24) is 0 Å². The van der Waals surface area contributed by atoms with Gasteiger partial charge in [0.25, 0.3) is 0 Å². The second-order valence-electron chi connectivity index (χ2n) is 17.5. The highest BCUT2D eigenvalue weighted by atomic mass is 27.2. The number of unbranched alkanes of at least 4 members (excludes halogenated alkanes) is 2. The van der Waals surface area contributed by atoms with Crippen molar-refractivity contribution in [3.63, 3.8) is 0 Å². The molecule has 0 amide bonds. The fraction of sp³-hybridized carbons (Fsp3) is 0.700. The molecule has 2 aromatic rings. The van der Waals surface area contributed by atoms with E-state index in [1.165, 1.54) is 59.1 Å². The monoisotopic (exact) mass is 606 g/mol. The van der Waals surface area contributed by atoms with E-state index in [4.69, 9.17) is 7.58 Å². The maximum Gasteiger partial charge on any atom is 0.857 e. The highest BCUT2D eigenvalue weighted by Crippen LogP contribution is 2.44. The zero-order chi connectivity index (χ0) is 33.0. The standard InChI is InChI=1S/2C18H30O.C4H9.Al/c2*1-8-9-10-13-11-14(17(2,3)4)16(19)15(12-13)18(5,6)7;1-4(2)3;/h2*11-12,19H,8-10H2,1-7H3;4H,1H2,2-3H3;/q;;;+2/p-2. The smallest absolute Gasteiger partial charge is 0.611 e. The van der Waals surface area contributed by atoms with Crippen LogP contribution < -0.4 is 7.58 Å². The lowest BCUT2D eigenvalue weighted by atomic mass is 9.78. The minimum atomic E-state index is -2.22. The van der Waals surface area contributed by atoms with E-state index in [9.17, 15) is 0 Å². The molecule has 0 saturated carbocycles. The molecule has 0 atom stereocenters. The summed E-state index contributed by atoms with van der Waals surface area (Å²) in [6.07, 6.45) is 7.05. The quantitative estimate of drug-likeness (QED) is 0.224. The molecular formula is C40H67AlO2. The maximum absolute atomic E-state index is 7.35. The van der Waals surface area contributed by atoms with E-state index in [1.54, 1.807) is 0 Å². The van der Waals surface area contributed by atoms with Crippen LogP contribution in [0, 0.1) is 5.92 Å². The van der Waals surface area contributed by atoms with Gasteiger partial charge in [-0.2, -0.15) is 0 Å². The largest absolute Gasteiger partial charge is 0.857 e.